The van der Waals surface area contributed by atoms with Gasteiger partial charge < -0.3 is 0 Å². The van der Waals surface area contributed by atoms with Gasteiger partial charge in [0.2, 0.25) is 0 Å². The molecule has 2 rings (SSSR count). The van der Waals surface area contributed by atoms with Crippen LogP contribution in [0.2, 0.25) is 0 Å². The highest BCUT2D eigenvalue weighted by atomic mass is 32.1. The van der Waals surface area contributed by atoms with Crippen LogP contribution < -0.4 is 0 Å². The van der Waals surface area contributed by atoms with Crippen molar-refractivity contribution in [1.82, 2.24) is 0 Å². The molecule has 2 atom stereocenters. The van der Waals surface area contributed by atoms with Crippen molar-refractivity contribution in [2.75, 3.05) is 0 Å². The van der Waals surface area contributed by atoms with E-state index in [-0.39, 0.29) is 0 Å². The van der Waals surface area contributed by atoms with Crippen molar-refractivity contribution in [3.8, 4) is 0 Å². The Morgan fingerprint density at radius 3 is 2.81 bits per heavy atom. The second-order valence-electron chi connectivity index (χ2n) is 4.86. The van der Waals surface area contributed by atoms with Crippen LogP contribution in [0.25, 0.3) is 0 Å². The number of ketones is 1. The van der Waals surface area contributed by atoms with Crippen LogP contribution in [0.15, 0.2) is 11.4 Å². The van der Waals surface area contributed by atoms with Gasteiger partial charge in [-0.2, -0.15) is 0 Å². The Labute approximate surface area is 102 Å². The van der Waals surface area contributed by atoms with Gasteiger partial charge in [-0.05, 0) is 42.7 Å². The summed E-state index contributed by atoms with van der Waals surface area (Å²) >= 11 is 1.61. The number of thiophene rings is 1. The number of hydrogen-bond donors (Lipinski definition) is 0. The van der Waals surface area contributed by atoms with Crippen LogP contribution in [0.3, 0.4) is 0 Å². The molecule has 1 aromatic heterocycles. The molecule has 0 radical (unpaired) electrons. The van der Waals surface area contributed by atoms with E-state index in [1.807, 2.05) is 12.3 Å². The van der Waals surface area contributed by atoms with E-state index in [0.29, 0.717) is 17.6 Å². The van der Waals surface area contributed by atoms with Crippen LogP contribution >= 0.6 is 11.3 Å². The van der Waals surface area contributed by atoms with E-state index in [1.54, 1.807) is 11.3 Å². The monoisotopic (exact) mass is 236 g/mol. The van der Waals surface area contributed by atoms with Gasteiger partial charge in [-0.15, -0.1) is 11.3 Å². The van der Waals surface area contributed by atoms with Gasteiger partial charge in [0.1, 0.15) is 0 Å². The van der Waals surface area contributed by atoms with E-state index in [1.165, 1.54) is 19.3 Å². The molecule has 0 saturated heterocycles. The lowest BCUT2D eigenvalue weighted by Crippen LogP contribution is -2.26. The normalized spacial score (nSPS) is 25.6. The number of Topliss-reactive ketones (excluding diaryl/α,β-unsaturated/α-hetero) is 1. The second kappa shape index (κ2) is 5.13. The molecule has 1 saturated carbocycles. The minimum absolute atomic E-state index is 0.302. The minimum Gasteiger partial charge on any atom is -0.293 e. The van der Waals surface area contributed by atoms with E-state index >= 15 is 0 Å². The quantitative estimate of drug-likeness (QED) is 0.708. The molecule has 1 aromatic rings. The summed E-state index contributed by atoms with van der Waals surface area (Å²) in [7, 11) is 0. The van der Waals surface area contributed by atoms with Crippen molar-refractivity contribution in [3.63, 3.8) is 0 Å². The van der Waals surface area contributed by atoms with Gasteiger partial charge in [0, 0.05) is 5.92 Å². The smallest absolute Gasteiger partial charge is 0.176 e. The number of hydrogen-bond acceptors (Lipinski definition) is 2. The lowest BCUT2D eigenvalue weighted by molar-refractivity contribution is 0.0824. The maximum absolute atomic E-state index is 12.5. The summed E-state index contributed by atoms with van der Waals surface area (Å²) in [5.74, 6) is 1.35. The molecule has 1 aliphatic rings. The fraction of sp³-hybridized carbons (Fsp3) is 0.643. The minimum atomic E-state index is 0.302. The van der Waals surface area contributed by atoms with E-state index in [9.17, 15) is 4.79 Å². The number of carbonyl (C=O) groups is 1. The third kappa shape index (κ3) is 2.22. The summed E-state index contributed by atoms with van der Waals surface area (Å²) in [5.41, 5.74) is 1.16. The van der Waals surface area contributed by atoms with Crippen LogP contribution in [0, 0.1) is 18.8 Å². The molecule has 0 spiro atoms. The standard InChI is InChI=1S/C14H20OS/c1-3-11-6-4-5-7-12(11)13(15)14-10(2)8-9-16-14/h8-9,11-12H,3-7H2,1-2H3. The average Bonchev–Trinajstić information content (AvgIpc) is 2.74. The highest BCUT2D eigenvalue weighted by molar-refractivity contribution is 7.12. The van der Waals surface area contributed by atoms with Crippen molar-refractivity contribution in [2.24, 2.45) is 11.8 Å². The van der Waals surface area contributed by atoms with Gasteiger partial charge >= 0.3 is 0 Å². The van der Waals surface area contributed by atoms with Crippen molar-refractivity contribution in [1.29, 1.82) is 0 Å². The van der Waals surface area contributed by atoms with Gasteiger partial charge in [0.25, 0.3) is 0 Å². The Morgan fingerprint density at radius 1 is 1.44 bits per heavy atom. The third-order valence-corrected chi connectivity index (χ3v) is 4.89. The van der Waals surface area contributed by atoms with Gasteiger partial charge in [0.05, 0.1) is 4.88 Å². The first-order valence-electron chi connectivity index (χ1n) is 6.32. The Balaban J connectivity index is 2.17. The van der Waals surface area contributed by atoms with Crippen molar-refractivity contribution < 1.29 is 4.79 Å². The molecule has 1 fully saturated rings. The fourth-order valence-corrected chi connectivity index (χ4v) is 3.76. The molecule has 0 amide bonds. The topological polar surface area (TPSA) is 17.1 Å². The second-order valence-corrected chi connectivity index (χ2v) is 5.77. The number of carbonyl (C=O) groups excluding carboxylic acids is 1. The van der Waals surface area contributed by atoms with Crippen LogP contribution in [-0.2, 0) is 0 Å². The zero-order valence-electron chi connectivity index (χ0n) is 10.2. The van der Waals surface area contributed by atoms with E-state index < -0.39 is 0 Å². The Hall–Kier alpha value is -0.630. The predicted octanol–water partition coefficient (Wildman–Crippen LogP) is 4.46. The zero-order valence-corrected chi connectivity index (χ0v) is 11.0. The molecule has 1 nitrogen and oxygen atoms in total. The first kappa shape index (κ1) is 11.8. The first-order valence-corrected chi connectivity index (χ1v) is 7.20. The van der Waals surface area contributed by atoms with E-state index in [4.69, 9.17) is 0 Å². The molecular formula is C14H20OS. The Kier molecular flexibility index (Phi) is 3.80. The summed E-state index contributed by atoms with van der Waals surface area (Å²) in [6.45, 7) is 4.27. The Morgan fingerprint density at radius 2 is 2.19 bits per heavy atom. The summed E-state index contributed by atoms with van der Waals surface area (Å²) < 4.78 is 0. The van der Waals surface area contributed by atoms with Crippen LogP contribution in [-0.4, -0.2) is 5.78 Å². The maximum Gasteiger partial charge on any atom is 0.176 e. The molecule has 0 aliphatic heterocycles. The summed E-state index contributed by atoms with van der Waals surface area (Å²) in [5, 5.41) is 2.03. The largest absolute Gasteiger partial charge is 0.293 e. The predicted molar refractivity (Wildman–Crippen MR) is 69.1 cm³/mol. The summed E-state index contributed by atoms with van der Waals surface area (Å²) in [6, 6.07) is 2.06. The zero-order chi connectivity index (χ0) is 11.5. The van der Waals surface area contributed by atoms with Crippen LogP contribution in [0.4, 0.5) is 0 Å². The van der Waals surface area contributed by atoms with Gasteiger partial charge in [-0.25, -0.2) is 0 Å². The molecule has 1 aliphatic carbocycles. The van der Waals surface area contributed by atoms with E-state index in [0.717, 1.165) is 23.3 Å². The molecule has 0 bridgehead atoms. The SMILES string of the molecule is CCC1CCCCC1C(=O)c1sccc1C. The van der Waals surface area contributed by atoms with Crippen LogP contribution in [0.1, 0.15) is 54.3 Å². The molecule has 16 heavy (non-hydrogen) atoms. The van der Waals surface area contributed by atoms with Crippen molar-refractivity contribution in [2.45, 2.75) is 46.0 Å². The highest BCUT2D eigenvalue weighted by Crippen LogP contribution is 2.35. The fourth-order valence-electron chi connectivity index (χ4n) is 2.84. The van der Waals surface area contributed by atoms with Gasteiger partial charge in [-0.3, -0.25) is 4.79 Å². The third-order valence-electron chi connectivity index (χ3n) is 3.86. The first-order chi connectivity index (χ1) is 7.74. The Bertz CT molecular complexity index is 367. The number of rotatable bonds is 3. The maximum atomic E-state index is 12.5. The van der Waals surface area contributed by atoms with Crippen LogP contribution in [0.5, 0.6) is 0 Å². The van der Waals surface area contributed by atoms with Crippen molar-refractivity contribution in [3.05, 3.63) is 21.9 Å². The molecule has 88 valence electrons. The number of aryl methyl sites for hydroxylation is 1. The average molecular weight is 236 g/mol. The molecule has 1 heterocycles. The van der Waals surface area contributed by atoms with Crippen molar-refractivity contribution >= 4 is 17.1 Å². The van der Waals surface area contributed by atoms with E-state index in [2.05, 4.69) is 13.0 Å². The summed E-state index contributed by atoms with van der Waals surface area (Å²) in [6.07, 6.45) is 6.05. The highest BCUT2D eigenvalue weighted by Gasteiger charge is 2.31. The summed E-state index contributed by atoms with van der Waals surface area (Å²) in [4.78, 5) is 13.5. The van der Waals surface area contributed by atoms with Gasteiger partial charge in [0.15, 0.2) is 5.78 Å². The molecule has 2 heteroatoms. The lowest BCUT2D eigenvalue weighted by Gasteiger charge is -2.29. The molecule has 0 N–H and O–H groups in total. The lowest BCUT2D eigenvalue weighted by atomic mass is 9.75. The molecule has 0 aromatic carbocycles. The van der Waals surface area contributed by atoms with Gasteiger partial charge in [-0.1, -0.05) is 26.2 Å². The molecule has 2 unspecified atom stereocenters. The molecular weight excluding hydrogens is 216 g/mol.